The van der Waals surface area contributed by atoms with Crippen molar-refractivity contribution in [3.63, 3.8) is 0 Å². The number of aliphatic carboxylic acids is 1. The number of halogens is 1. The molecule has 0 aromatic heterocycles. The van der Waals surface area contributed by atoms with E-state index in [0.717, 1.165) is 12.1 Å². The van der Waals surface area contributed by atoms with Crippen molar-refractivity contribution in [3.8, 4) is 11.5 Å². The van der Waals surface area contributed by atoms with Crippen LogP contribution >= 0.6 is 0 Å². The topological polar surface area (TPSA) is 87.0 Å². The SMILES string of the molecule is COc1cc(F)c(O)cc1C(O)C(=O)O. The molecule has 1 atom stereocenters. The molecule has 15 heavy (non-hydrogen) atoms. The molecule has 3 N–H and O–H groups in total. The third-order valence-electron chi connectivity index (χ3n) is 1.83. The third-order valence-corrected chi connectivity index (χ3v) is 1.83. The monoisotopic (exact) mass is 216 g/mol. The highest BCUT2D eigenvalue weighted by molar-refractivity contribution is 5.75. The fourth-order valence-corrected chi connectivity index (χ4v) is 1.08. The van der Waals surface area contributed by atoms with E-state index in [2.05, 4.69) is 4.74 Å². The molecule has 0 saturated carbocycles. The Hall–Kier alpha value is -1.82. The van der Waals surface area contributed by atoms with Crippen molar-refractivity contribution in [2.75, 3.05) is 7.11 Å². The van der Waals surface area contributed by atoms with Crippen molar-refractivity contribution >= 4 is 5.97 Å². The van der Waals surface area contributed by atoms with E-state index in [4.69, 9.17) is 10.2 Å². The first-order chi connectivity index (χ1) is 6.97. The van der Waals surface area contributed by atoms with Crippen LogP contribution in [0.4, 0.5) is 4.39 Å². The van der Waals surface area contributed by atoms with E-state index in [-0.39, 0.29) is 11.3 Å². The van der Waals surface area contributed by atoms with Crippen molar-refractivity contribution in [1.29, 1.82) is 0 Å². The quantitative estimate of drug-likeness (QED) is 0.690. The smallest absolute Gasteiger partial charge is 0.337 e. The Morgan fingerprint density at radius 3 is 2.60 bits per heavy atom. The standard InChI is InChI=1S/C9H9FO5/c1-15-7-3-5(10)6(11)2-4(7)8(12)9(13)14/h2-3,8,11-12H,1H3,(H,13,14). The van der Waals surface area contributed by atoms with Gasteiger partial charge in [0, 0.05) is 11.6 Å². The number of aromatic hydroxyl groups is 1. The molecule has 1 aromatic rings. The van der Waals surface area contributed by atoms with Crippen molar-refractivity contribution in [1.82, 2.24) is 0 Å². The first-order valence-corrected chi connectivity index (χ1v) is 3.94. The molecule has 0 heterocycles. The Bertz CT molecular complexity index is 390. The first kappa shape index (κ1) is 11.3. The van der Waals surface area contributed by atoms with E-state index in [0.29, 0.717) is 0 Å². The fraction of sp³-hybridized carbons (Fsp3) is 0.222. The molecular formula is C9H9FO5. The molecule has 1 aromatic carbocycles. The normalized spacial score (nSPS) is 12.2. The number of aliphatic hydroxyl groups excluding tert-OH is 1. The Morgan fingerprint density at radius 1 is 1.53 bits per heavy atom. The summed E-state index contributed by atoms with van der Waals surface area (Å²) in [5.74, 6) is -3.35. The second-order valence-corrected chi connectivity index (χ2v) is 2.79. The summed E-state index contributed by atoms with van der Waals surface area (Å²) < 4.78 is 17.5. The van der Waals surface area contributed by atoms with E-state index in [1.54, 1.807) is 0 Å². The van der Waals surface area contributed by atoms with Crippen LogP contribution in [0.2, 0.25) is 0 Å². The number of phenolic OH excluding ortho intramolecular Hbond substituents is 1. The number of benzene rings is 1. The summed E-state index contributed by atoms with van der Waals surface area (Å²) in [7, 11) is 1.20. The summed E-state index contributed by atoms with van der Waals surface area (Å²) in [6.45, 7) is 0. The zero-order valence-electron chi connectivity index (χ0n) is 7.77. The average molecular weight is 216 g/mol. The summed E-state index contributed by atoms with van der Waals surface area (Å²) in [5, 5.41) is 26.8. The second-order valence-electron chi connectivity index (χ2n) is 2.79. The molecule has 6 heteroatoms. The van der Waals surface area contributed by atoms with Crippen LogP contribution in [0.3, 0.4) is 0 Å². The van der Waals surface area contributed by atoms with Gasteiger partial charge in [-0.2, -0.15) is 0 Å². The predicted octanol–water partition coefficient (Wildman–Crippen LogP) is 0.658. The Kier molecular flexibility index (Phi) is 3.11. The number of rotatable bonds is 3. The zero-order chi connectivity index (χ0) is 11.6. The van der Waals surface area contributed by atoms with Gasteiger partial charge in [-0.15, -0.1) is 0 Å². The van der Waals surface area contributed by atoms with E-state index < -0.39 is 23.6 Å². The van der Waals surface area contributed by atoms with Gasteiger partial charge in [-0.1, -0.05) is 0 Å². The lowest BCUT2D eigenvalue weighted by atomic mass is 10.1. The van der Waals surface area contributed by atoms with Gasteiger partial charge in [-0.3, -0.25) is 0 Å². The molecule has 1 unspecified atom stereocenters. The molecule has 0 saturated heterocycles. The fourth-order valence-electron chi connectivity index (χ4n) is 1.08. The first-order valence-electron chi connectivity index (χ1n) is 3.94. The highest BCUT2D eigenvalue weighted by Crippen LogP contribution is 2.31. The third kappa shape index (κ3) is 2.16. The molecule has 0 amide bonds. The van der Waals surface area contributed by atoms with E-state index >= 15 is 0 Å². The number of phenols is 1. The lowest BCUT2D eigenvalue weighted by molar-refractivity contribution is -0.147. The predicted molar refractivity (Wildman–Crippen MR) is 47.2 cm³/mol. The van der Waals surface area contributed by atoms with Crippen LogP contribution in [0, 0.1) is 5.82 Å². The van der Waals surface area contributed by atoms with Gasteiger partial charge in [0.1, 0.15) is 5.75 Å². The number of carboxylic acids is 1. The molecule has 5 nitrogen and oxygen atoms in total. The molecule has 0 aliphatic rings. The highest BCUT2D eigenvalue weighted by Gasteiger charge is 2.22. The summed E-state index contributed by atoms with van der Waals surface area (Å²) in [6, 6.07) is 1.61. The molecule has 0 spiro atoms. The van der Waals surface area contributed by atoms with Crippen LogP contribution in [-0.4, -0.2) is 28.4 Å². The molecule has 0 aliphatic heterocycles. The largest absolute Gasteiger partial charge is 0.505 e. The van der Waals surface area contributed by atoms with E-state index in [1.807, 2.05) is 0 Å². The molecule has 0 aliphatic carbocycles. The molecular weight excluding hydrogens is 207 g/mol. The van der Waals surface area contributed by atoms with E-state index in [9.17, 15) is 14.3 Å². The van der Waals surface area contributed by atoms with Gasteiger partial charge in [-0.25, -0.2) is 9.18 Å². The van der Waals surface area contributed by atoms with Crippen molar-refractivity contribution in [3.05, 3.63) is 23.5 Å². The molecule has 0 bridgehead atoms. The molecule has 0 fully saturated rings. The number of ether oxygens (including phenoxy) is 1. The minimum atomic E-state index is -1.87. The second kappa shape index (κ2) is 4.14. The maximum atomic E-state index is 12.9. The summed E-state index contributed by atoms with van der Waals surface area (Å²) in [4.78, 5) is 10.5. The Labute approximate surface area is 84.3 Å². The van der Waals surface area contributed by atoms with Crippen LogP contribution in [-0.2, 0) is 4.79 Å². The summed E-state index contributed by atoms with van der Waals surface area (Å²) >= 11 is 0. The van der Waals surface area contributed by atoms with Crippen LogP contribution in [0.5, 0.6) is 11.5 Å². The van der Waals surface area contributed by atoms with Crippen LogP contribution in [0.1, 0.15) is 11.7 Å². The maximum absolute atomic E-state index is 12.9. The summed E-state index contributed by atoms with van der Waals surface area (Å²) in [6.07, 6.45) is -1.87. The molecule has 82 valence electrons. The number of hydrogen-bond donors (Lipinski definition) is 3. The van der Waals surface area contributed by atoms with Crippen molar-refractivity contribution < 1.29 is 29.2 Å². The lowest BCUT2D eigenvalue weighted by Gasteiger charge is -2.11. The Morgan fingerprint density at radius 2 is 2.13 bits per heavy atom. The number of aliphatic hydroxyl groups is 1. The van der Waals surface area contributed by atoms with Gasteiger partial charge in [0.25, 0.3) is 0 Å². The number of hydrogen-bond acceptors (Lipinski definition) is 4. The molecule has 0 radical (unpaired) electrons. The van der Waals surface area contributed by atoms with E-state index in [1.165, 1.54) is 7.11 Å². The van der Waals surface area contributed by atoms with Crippen molar-refractivity contribution in [2.45, 2.75) is 6.10 Å². The lowest BCUT2D eigenvalue weighted by Crippen LogP contribution is -2.11. The number of methoxy groups -OCH3 is 1. The minimum Gasteiger partial charge on any atom is -0.505 e. The highest BCUT2D eigenvalue weighted by atomic mass is 19.1. The van der Waals surface area contributed by atoms with Crippen LogP contribution in [0.25, 0.3) is 0 Å². The summed E-state index contributed by atoms with van der Waals surface area (Å²) in [5.41, 5.74) is -0.205. The zero-order valence-corrected chi connectivity index (χ0v) is 7.77. The van der Waals surface area contributed by atoms with Crippen LogP contribution < -0.4 is 4.74 Å². The number of carbonyl (C=O) groups is 1. The average Bonchev–Trinajstić information content (AvgIpc) is 2.20. The van der Waals surface area contributed by atoms with Gasteiger partial charge >= 0.3 is 5.97 Å². The van der Waals surface area contributed by atoms with Crippen molar-refractivity contribution in [2.24, 2.45) is 0 Å². The van der Waals surface area contributed by atoms with Gasteiger partial charge in [0.2, 0.25) is 0 Å². The van der Waals surface area contributed by atoms with Gasteiger partial charge in [0.05, 0.1) is 7.11 Å². The number of carboxylic acid groups (broad SMARTS) is 1. The van der Waals surface area contributed by atoms with Gasteiger partial charge < -0.3 is 20.1 Å². The van der Waals surface area contributed by atoms with Gasteiger partial charge in [-0.05, 0) is 6.07 Å². The minimum absolute atomic E-state index is 0.139. The molecule has 1 rings (SSSR count). The maximum Gasteiger partial charge on any atom is 0.337 e. The van der Waals surface area contributed by atoms with Gasteiger partial charge in [0.15, 0.2) is 17.7 Å². The van der Waals surface area contributed by atoms with Crippen LogP contribution in [0.15, 0.2) is 12.1 Å². The Balaban J connectivity index is 3.27.